The van der Waals surface area contributed by atoms with Gasteiger partial charge in [-0.1, -0.05) is 18.5 Å². The predicted molar refractivity (Wildman–Crippen MR) is 133 cm³/mol. The Morgan fingerprint density at radius 2 is 1.94 bits per heavy atom. The molecule has 1 aromatic carbocycles. The van der Waals surface area contributed by atoms with Crippen LogP contribution in [0, 0.1) is 0 Å². The fourth-order valence-corrected chi connectivity index (χ4v) is 4.27. The average molecular weight is 500 g/mol. The highest BCUT2D eigenvalue weighted by Crippen LogP contribution is 2.15. The van der Waals surface area contributed by atoms with Crippen LogP contribution in [-0.4, -0.2) is 46.0 Å². The molecule has 0 aliphatic heterocycles. The molecule has 0 aliphatic carbocycles. The van der Waals surface area contributed by atoms with E-state index in [0.29, 0.717) is 52.4 Å². The summed E-state index contributed by atoms with van der Waals surface area (Å²) in [4.78, 5) is 63.2. The number of aryl methyl sites for hydroxylation is 2. The van der Waals surface area contributed by atoms with Gasteiger partial charge in [-0.25, -0.2) is 14.8 Å². The Kier molecular flexibility index (Phi) is 6.88. The summed E-state index contributed by atoms with van der Waals surface area (Å²) in [6.45, 7) is 3.03. The second-order valence-electron chi connectivity index (χ2n) is 8.41. The number of aromatic nitrogens is 6. The Balaban J connectivity index is 1.49. The summed E-state index contributed by atoms with van der Waals surface area (Å²) in [6.07, 6.45) is 2.95. The van der Waals surface area contributed by atoms with Crippen LogP contribution in [0.4, 0.5) is 0 Å². The van der Waals surface area contributed by atoms with Crippen LogP contribution < -0.4 is 16.8 Å². The van der Waals surface area contributed by atoms with Crippen LogP contribution in [0.1, 0.15) is 32.0 Å². The van der Waals surface area contributed by atoms with Crippen LogP contribution in [0.25, 0.3) is 22.1 Å². The normalized spacial score (nSPS) is 11.4. The van der Waals surface area contributed by atoms with Crippen LogP contribution in [0.15, 0.2) is 38.9 Å². The molecule has 3 aromatic heterocycles. The first-order chi connectivity index (χ1) is 16.7. The highest BCUT2D eigenvalue weighted by molar-refractivity contribution is 6.31. The maximum Gasteiger partial charge on any atom is 0.332 e. The van der Waals surface area contributed by atoms with E-state index in [0.717, 1.165) is 11.0 Å². The molecule has 1 N–H and O–H groups in total. The molecule has 12 heteroatoms. The Bertz CT molecular complexity index is 1600. The predicted octanol–water partition coefficient (Wildman–Crippen LogP) is 1.54. The Morgan fingerprint density at radius 3 is 2.69 bits per heavy atom. The zero-order chi connectivity index (χ0) is 25.3. The number of H-pyrrole nitrogens is 1. The number of fused-ring (bicyclic) bond motifs is 2. The van der Waals surface area contributed by atoms with Crippen LogP contribution >= 0.6 is 11.6 Å². The lowest BCUT2D eigenvalue weighted by atomic mass is 10.2. The largest absolute Gasteiger partial charge is 0.335 e. The molecule has 3 heterocycles. The number of rotatable bonds is 8. The average Bonchev–Trinajstić information content (AvgIpc) is 3.25. The topological polar surface area (TPSA) is 128 Å². The van der Waals surface area contributed by atoms with E-state index in [9.17, 15) is 19.2 Å². The molecule has 4 rings (SSSR count). The van der Waals surface area contributed by atoms with E-state index >= 15 is 0 Å². The van der Waals surface area contributed by atoms with E-state index in [1.54, 1.807) is 34.7 Å². The van der Waals surface area contributed by atoms with Crippen molar-refractivity contribution in [2.24, 2.45) is 14.1 Å². The molecule has 4 aromatic rings. The molecule has 184 valence electrons. The summed E-state index contributed by atoms with van der Waals surface area (Å²) in [5.41, 5.74) is -0.0455. The number of carbonyl (C=O) groups is 1. The minimum Gasteiger partial charge on any atom is -0.335 e. The molecule has 0 saturated heterocycles. The smallest absolute Gasteiger partial charge is 0.332 e. The SMILES string of the molecule is CCCN(Cc1nc2cc(Cl)ccc2c(=O)[nH]1)C(=O)CCCn1cnc2c1c(=O)n(C)c(=O)n2C. The van der Waals surface area contributed by atoms with Gasteiger partial charge >= 0.3 is 5.69 Å². The van der Waals surface area contributed by atoms with E-state index in [4.69, 9.17) is 11.6 Å². The number of hydrogen-bond donors (Lipinski definition) is 1. The second-order valence-corrected chi connectivity index (χ2v) is 8.85. The van der Waals surface area contributed by atoms with E-state index in [1.807, 2.05) is 6.92 Å². The number of carbonyl (C=O) groups excluding carboxylic acids is 1. The molecule has 0 spiro atoms. The molecule has 0 radical (unpaired) electrons. The van der Waals surface area contributed by atoms with Crippen molar-refractivity contribution in [3.05, 3.63) is 66.6 Å². The molecule has 0 aliphatic rings. The highest BCUT2D eigenvalue weighted by atomic mass is 35.5. The van der Waals surface area contributed by atoms with Crippen LogP contribution in [-0.2, 0) is 32.0 Å². The number of halogens is 1. The molecule has 0 saturated carbocycles. The summed E-state index contributed by atoms with van der Waals surface area (Å²) in [5, 5.41) is 0.910. The van der Waals surface area contributed by atoms with Gasteiger partial charge in [0.2, 0.25) is 5.91 Å². The third-order valence-electron chi connectivity index (χ3n) is 5.91. The molecule has 0 bridgehead atoms. The van der Waals surface area contributed by atoms with Gasteiger partial charge in [0.05, 0.1) is 23.8 Å². The third-order valence-corrected chi connectivity index (χ3v) is 6.15. The van der Waals surface area contributed by atoms with Gasteiger partial charge in [-0.3, -0.25) is 23.5 Å². The first-order valence-electron chi connectivity index (χ1n) is 11.3. The number of hydrogen-bond acceptors (Lipinski definition) is 6. The second kappa shape index (κ2) is 9.87. The Labute approximate surface area is 204 Å². The first kappa shape index (κ1) is 24.4. The van der Waals surface area contributed by atoms with Gasteiger partial charge in [-0.15, -0.1) is 0 Å². The van der Waals surface area contributed by atoms with Gasteiger partial charge in [0.15, 0.2) is 11.2 Å². The first-order valence-corrected chi connectivity index (χ1v) is 11.7. The molecule has 0 fully saturated rings. The Hall–Kier alpha value is -3.73. The molecule has 11 nitrogen and oxygen atoms in total. The van der Waals surface area contributed by atoms with Crippen molar-refractivity contribution in [1.82, 2.24) is 33.6 Å². The number of nitrogens with one attached hydrogen (secondary N) is 1. The number of imidazole rings is 1. The van der Waals surface area contributed by atoms with Gasteiger partial charge in [0.25, 0.3) is 11.1 Å². The number of nitrogens with zero attached hydrogens (tertiary/aromatic N) is 6. The highest BCUT2D eigenvalue weighted by Gasteiger charge is 2.17. The number of aromatic amines is 1. The summed E-state index contributed by atoms with van der Waals surface area (Å²) in [6, 6.07) is 4.87. The standard InChI is InChI=1S/C23H26ClN7O4/c1-4-9-30(12-17-26-16-11-14(24)7-8-15(16)21(33)27-17)18(32)6-5-10-31-13-25-20-19(31)22(34)29(3)23(35)28(20)2/h7-8,11,13H,4-6,9-10,12H2,1-3H3,(H,26,27,33). The van der Waals surface area contributed by atoms with Crippen molar-refractivity contribution in [2.75, 3.05) is 6.54 Å². The lowest BCUT2D eigenvalue weighted by Gasteiger charge is -2.22. The number of amides is 1. The summed E-state index contributed by atoms with van der Waals surface area (Å²) >= 11 is 6.04. The molecule has 1 amide bonds. The van der Waals surface area contributed by atoms with E-state index in [1.165, 1.54) is 17.9 Å². The van der Waals surface area contributed by atoms with E-state index in [2.05, 4.69) is 15.0 Å². The van der Waals surface area contributed by atoms with Gasteiger partial charge in [0, 0.05) is 38.6 Å². The molecule has 35 heavy (non-hydrogen) atoms. The fraction of sp³-hybridized carbons (Fsp3) is 0.391. The minimum absolute atomic E-state index is 0.0922. The van der Waals surface area contributed by atoms with Crippen LogP contribution in [0.3, 0.4) is 0 Å². The van der Waals surface area contributed by atoms with Crippen molar-refractivity contribution in [3.63, 3.8) is 0 Å². The van der Waals surface area contributed by atoms with E-state index in [-0.39, 0.29) is 24.4 Å². The van der Waals surface area contributed by atoms with Crippen molar-refractivity contribution < 1.29 is 4.79 Å². The Morgan fingerprint density at radius 1 is 1.17 bits per heavy atom. The van der Waals surface area contributed by atoms with Crippen LogP contribution in [0.5, 0.6) is 0 Å². The molecule has 0 atom stereocenters. The summed E-state index contributed by atoms with van der Waals surface area (Å²) < 4.78 is 4.03. The van der Waals surface area contributed by atoms with Crippen molar-refractivity contribution in [1.29, 1.82) is 0 Å². The maximum atomic E-state index is 13.0. The maximum absolute atomic E-state index is 13.0. The molecule has 0 unspecified atom stereocenters. The lowest BCUT2D eigenvalue weighted by Crippen LogP contribution is -2.37. The van der Waals surface area contributed by atoms with Crippen molar-refractivity contribution in [3.8, 4) is 0 Å². The quantitative estimate of drug-likeness (QED) is 0.391. The van der Waals surface area contributed by atoms with Gasteiger partial charge < -0.3 is 14.5 Å². The van der Waals surface area contributed by atoms with Gasteiger partial charge in [-0.05, 0) is 31.0 Å². The zero-order valence-corrected chi connectivity index (χ0v) is 20.5. The van der Waals surface area contributed by atoms with Crippen molar-refractivity contribution in [2.45, 2.75) is 39.3 Å². The summed E-state index contributed by atoms with van der Waals surface area (Å²) in [7, 11) is 2.99. The monoisotopic (exact) mass is 499 g/mol. The lowest BCUT2D eigenvalue weighted by molar-refractivity contribution is -0.132. The van der Waals surface area contributed by atoms with Crippen LogP contribution in [0.2, 0.25) is 5.02 Å². The zero-order valence-electron chi connectivity index (χ0n) is 19.7. The number of benzene rings is 1. The van der Waals surface area contributed by atoms with Gasteiger partial charge in [-0.2, -0.15) is 0 Å². The van der Waals surface area contributed by atoms with E-state index < -0.39 is 11.2 Å². The molecular weight excluding hydrogens is 474 g/mol. The van der Waals surface area contributed by atoms with Gasteiger partial charge in [0.1, 0.15) is 5.82 Å². The summed E-state index contributed by atoms with van der Waals surface area (Å²) in [5.74, 6) is 0.294. The third kappa shape index (κ3) is 4.76. The van der Waals surface area contributed by atoms with Crippen molar-refractivity contribution >= 4 is 39.6 Å². The molecular formula is C23H26ClN7O4. The fourth-order valence-electron chi connectivity index (χ4n) is 4.10. The minimum atomic E-state index is -0.444.